The first kappa shape index (κ1) is 11.2. The maximum absolute atomic E-state index is 5.19. The quantitative estimate of drug-likeness (QED) is 0.850. The number of pyridine rings is 1. The number of anilines is 1. The third kappa shape index (κ3) is 2.65. The van der Waals surface area contributed by atoms with E-state index in [4.69, 9.17) is 4.74 Å². The summed E-state index contributed by atoms with van der Waals surface area (Å²) in [5.41, 5.74) is 0. The molecule has 1 saturated carbocycles. The maximum Gasteiger partial charge on any atom is 0.129 e. The van der Waals surface area contributed by atoms with E-state index in [-0.39, 0.29) is 0 Å². The van der Waals surface area contributed by atoms with Crippen LogP contribution in [0.15, 0.2) is 18.3 Å². The molecule has 2 atom stereocenters. The van der Waals surface area contributed by atoms with Gasteiger partial charge in [-0.25, -0.2) is 4.98 Å². The summed E-state index contributed by atoms with van der Waals surface area (Å²) in [6.45, 7) is 2.32. The number of ether oxygens (including phenoxy) is 1. The van der Waals surface area contributed by atoms with Gasteiger partial charge in [0.1, 0.15) is 11.6 Å². The first-order chi connectivity index (χ1) is 7.79. The van der Waals surface area contributed by atoms with Crippen LogP contribution in [0.4, 0.5) is 5.82 Å². The topological polar surface area (TPSA) is 34.1 Å². The highest BCUT2D eigenvalue weighted by Gasteiger charge is 2.21. The lowest BCUT2D eigenvalue weighted by molar-refractivity contribution is 0.348. The fourth-order valence-electron chi connectivity index (χ4n) is 2.34. The van der Waals surface area contributed by atoms with Crippen LogP contribution in [-0.2, 0) is 0 Å². The standard InChI is InChI=1S/C13H20N2O/c1-10-5-3-4-6-12(10)15-13-9-11(16-2)7-8-14-13/h7-10,12H,3-6H2,1-2H3,(H,14,15). The molecule has 1 N–H and O–H groups in total. The first-order valence-corrected chi connectivity index (χ1v) is 6.06. The minimum Gasteiger partial charge on any atom is -0.497 e. The monoisotopic (exact) mass is 220 g/mol. The van der Waals surface area contributed by atoms with Crippen LogP contribution in [0, 0.1) is 5.92 Å². The molecule has 1 fully saturated rings. The molecule has 0 amide bonds. The van der Waals surface area contributed by atoms with Crippen LogP contribution in [0.2, 0.25) is 0 Å². The van der Waals surface area contributed by atoms with E-state index in [1.807, 2.05) is 12.1 Å². The zero-order chi connectivity index (χ0) is 11.4. The van der Waals surface area contributed by atoms with Gasteiger partial charge in [-0.3, -0.25) is 0 Å². The molecule has 1 aromatic heterocycles. The highest BCUT2D eigenvalue weighted by Crippen LogP contribution is 2.26. The molecule has 0 spiro atoms. The van der Waals surface area contributed by atoms with Gasteiger partial charge in [-0.1, -0.05) is 19.8 Å². The predicted octanol–water partition coefficient (Wildman–Crippen LogP) is 3.08. The molecule has 1 heterocycles. The lowest BCUT2D eigenvalue weighted by atomic mass is 9.86. The molecule has 0 radical (unpaired) electrons. The Morgan fingerprint density at radius 3 is 2.94 bits per heavy atom. The number of methoxy groups -OCH3 is 1. The lowest BCUT2D eigenvalue weighted by Gasteiger charge is -2.29. The second kappa shape index (κ2) is 5.19. The van der Waals surface area contributed by atoms with Gasteiger partial charge in [0.2, 0.25) is 0 Å². The zero-order valence-electron chi connectivity index (χ0n) is 10.1. The predicted molar refractivity (Wildman–Crippen MR) is 65.8 cm³/mol. The third-order valence-electron chi connectivity index (χ3n) is 3.41. The molecule has 2 unspecified atom stereocenters. The minimum atomic E-state index is 0.563. The molecule has 1 aliphatic rings. The van der Waals surface area contributed by atoms with E-state index in [0.717, 1.165) is 17.5 Å². The molecule has 88 valence electrons. The summed E-state index contributed by atoms with van der Waals surface area (Å²) in [5, 5.41) is 3.51. The molecule has 0 aromatic carbocycles. The van der Waals surface area contributed by atoms with Crippen molar-refractivity contribution in [3.63, 3.8) is 0 Å². The van der Waals surface area contributed by atoms with Crippen molar-refractivity contribution in [1.29, 1.82) is 0 Å². The van der Waals surface area contributed by atoms with Crippen molar-refractivity contribution in [3.05, 3.63) is 18.3 Å². The van der Waals surface area contributed by atoms with Crippen LogP contribution in [0.3, 0.4) is 0 Å². The number of rotatable bonds is 3. The van der Waals surface area contributed by atoms with Crippen molar-refractivity contribution in [2.24, 2.45) is 5.92 Å². The average molecular weight is 220 g/mol. The molecule has 1 aliphatic carbocycles. The highest BCUT2D eigenvalue weighted by molar-refractivity contribution is 5.41. The molecule has 3 heteroatoms. The van der Waals surface area contributed by atoms with Gasteiger partial charge in [0.25, 0.3) is 0 Å². The van der Waals surface area contributed by atoms with Crippen LogP contribution in [-0.4, -0.2) is 18.1 Å². The van der Waals surface area contributed by atoms with Crippen molar-refractivity contribution in [2.45, 2.75) is 38.6 Å². The van der Waals surface area contributed by atoms with E-state index < -0.39 is 0 Å². The van der Waals surface area contributed by atoms with Crippen LogP contribution >= 0.6 is 0 Å². The van der Waals surface area contributed by atoms with Crippen LogP contribution in [0.1, 0.15) is 32.6 Å². The van der Waals surface area contributed by atoms with E-state index in [9.17, 15) is 0 Å². The number of aromatic nitrogens is 1. The molecule has 0 aliphatic heterocycles. The Bertz CT molecular complexity index is 340. The summed E-state index contributed by atoms with van der Waals surface area (Å²) >= 11 is 0. The summed E-state index contributed by atoms with van der Waals surface area (Å²) in [5.74, 6) is 2.53. The molecular weight excluding hydrogens is 200 g/mol. The van der Waals surface area contributed by atoms with Gasteiger partial charge in [-0.2, -0.15) is 0 Å². The van der Waals surface area contributed by atoms with E-state index in [2.05, 4.69) is 17.2 Å². The van der Waals surface area contributed by atoms with Crippen molar-refractivity contribution in [2.75, 3.05) is 12.4 Å². The Labute approximate surface area is 97.2 Å². The normalized spacial score (nSPS) is 25.1. The Morgan fingerprint density at radius 2 is 2.19 bits per heavy atom. The summed E-state index contributed by atoms with van der Waals surface area (Å²) < 4.78 is 5.19. The van der Waals surface area contributed by atoms with Crippen LogP contribution in [0.25, 0.3) is 0 Å². The van der Waals surface area contributed by atoms with Gasteiger partial charge in [0, 0.05) is 18.3 Å². The van der Waals surface area contributed by atoms with Crippen molar-refractivity contribution in [1.82, 2.24) is 4.98 Å². The van der Waals surface area contributed by atoms with E-state index in [0.29, 0.717) is 6.04 Å². The largest absolute Gasteiger partial charge is 0.497 e. The number of nitrogens with one attached hydrogen (secondary N) is 1. The SMILES string of the molecule is COc1ccnc(NC2CCCCC2C)c1. The second-order valence-corrected chi connectivity index (χ2v) is 4.59. The molecule has 3 nitrogen and oxygen atoms in total. The molecule has 0 bridgehead atoms. The second-order valence-electron chi connectivity index (χ2n) is 4.59. The van der Waals surface area contributed by atoms with Crippen molar-refractivity contribution in [3.8, 4) is 5.75 Å². The summed E-state index contributed by atoms with van der Waals surface area (Å²) in [4.78, 5) is 4.32. The Hall–Kier alpha value is -1.25. The number of hydrogen-bond donors (Lipinski definition) is 1. The van der Waals surface area contributed by atoms with Crippen LogP contribution in [0.5, 0.6) is 5.75 Å². The zero-order valence-corrected chi connectivity index (χ0v) is 10.1. The Balaban J connectivity index is 2.01. The Morgan fingerprint density at radius 1 is 1.38 bits per heavy atom. The fraction of sp³-hybridized carbons (Fsp3) is 0.615. The van der Waals surface area contributed by atoms with Gasteiger partial charge in [0.15, 0.2) is 0 Å². The molecule has 2 rings (SSSR count). The molecule has 0 saturated heterocycles. The third-order valence-corrected chi connectivity index (χ3v) is 3.41. The van der Waals surface area contributed by atoms with Crippen molar-refractivity contribution >= 4 is 5.82 Å². The first-order valence-electron chi connectivity index (χ1n) is 6.06. The average Bonchev–Trinajstić information content (AvgIpc) is 2.32. The smallest absolute Gasteiger partial charge is 0.129 e. The van der Waals surface area contributed by atoms with Gasteiger partial charge in [-0.05, 0) is 24.8 Å². The minimum absolute atomic E-state index is 0.563. The molecule has 1 aromatic rings. The number of nitrogens with zero attached hydrogens (tertiary/aromatic N) is 1. The van der Waals surface area contributed by atoms with Crippen LogP contribution < -0.4 is 10.1 Å². The fourth-order valence-corrected chi connectivity index (χ4v) is 2.34. The van der Waals surface area contributed by atoms with E-state index in [1.165, 1.54) is 25.7 Å². The summed E-state index contributed by atoms with van der Waals surface area (Å²) in [6.07, 6.45) is 7.05. The summed E-state index contributed by atoms with van der Waals surface area (Å²) in [6, 6.07) is 4.39. The lowest BCUT2D eigenvalue weighted by Crippen LogP contribution is -2.30. The van der Waals surface area contributed by atoms with Crippen molar-refractivity contribution < 1.29 is 4.74 Å². The maximum atomic E-state index is 5.19. The Kier molecular flexibility index (Phi) is 3.65. The molecule has 16 heavy (non-hydrogen) atoms. The van der Waals surface area contributed by atoms with E-state index in [1.54, 1.807) is 13.3 Å². The highest BCUT2D eigenvalue weighted by atomic mass is 16.5. The van der Waals surface area contributed by atoms with Gasteiger partial charge in [0.05, 0.1) is 7.11 Å². The van der Waals surface area contributed by atoms with E-state index >= 15 is 0 Å². The van der Waals surface area contributed by atoms with Gasteiger partial charge in [-0.15, -0.1) is 0 Å². The van der Waals surface area contributed by atoms with Gasteiger partial charge < -0.3 is 10.1 Å². The van der Waals surface area contributed by atoms with Gasteiger partial charge >= 0.3 is 0 Å². The summed E-state index contributed by atoms with van der Waals surface area (Å²) in [7, 11) is 1.68. The molecular formula is C13H20N2O. The number of hydrogen-bond acceptors (Lipinski definition) is 3.